The van der Waals surface area contributed by atoms with Crippen LogP contribution >= 0.6 is 0 Å². The molecule has 4 nitrogen and oxygen atoms in total. The second kappa shape index (κ2) is 4.49. The van der Waals surface area contributed by atoms with Gasteiger partial charge in [-0.25, -0.2) is 0 Å². The van der Waals surface area contributed by atoms with Crippen LogP contribution in [0, 0.1) is 0 Å². The summed E-state index contributed by atoms with van der Waals surface area (Å²) < 4.78 is 0. The fourth-order valence-electron chi connectivity index (χ4n) is 2.50. The van der Waals surface area contributed by atoms with Crippen LogP contribution in [0.4, 0.5) is 0 Å². The summed E-state index contributed by atoms with van der Waals surface area (Å²) >= 11 is 0. The van der Waals surface area contributed by atoms with E-state index in [0.29, 0.717) is 18.6 Å². The van der Waals surface area contributed by atoms with Gasteiger partial charge in [0.15, 0.2) is 0 Å². The molecule has 1 N–H and O–H groups in total. The Hall–Kier alpha value is -0.610. The van der Waals surface area contributed by atoms with Gasteiger partial charge in [0, 0.05) is 38.3 Å². The fourth-order valence-corrected chi connectivity index (χ4v) is 2.50. The van der Waals surface area contributed by atoms with Crippen LogP contribution in [0.15, 0.2) is 0 Å². The molecule has 2 saturated heterocycles. The summed E-state index contributed by atoms with van der Waals surface area (Å²) in [5.41, 5.74) is 0. The van der Waals surface area contributed by atoms with Crippen LogP contribution < -0.4 is 5.32 Å². The number of hydrogen-bond acceptors (Lipinski definition) is 3. The zero-order chi connectivity index (χ0) is 10.8. The number of rotatable bonds is 2. The Morgan fingerprint density at radius 3 is 2.80 bits per heavy atom. The fraction of sp³-hybridized carbons (Fsp3) is 0.909. The van der Waals surface area contributed by atoms with Crippen LogP contribution in [-0.4, -0.2) is 60.5 Å². The van der Waals surface area contributed by atoms with Crippen molar-refractivity contribution in [2.75, 3.05) is 32.7 Å². The molecule has 0 bridgehead atoms. The molecule has 0 spiro atoms. The highest BCUT2D eigenvalue weighted by Gasteiger charge is 2.32. The first-order valence-corrected chi connectivity index (χ1v) is 5.92. The van der Waals surface area contributed by atoms with Crippen molar-refractivity contribution in [3.8, 4) is 0 Å². The Labute approximate surface area is 91.6 Å². The summed E-state index contributed by atoms with van der Waals surface area (Å²) in [6.45, 7) is 9.00. The van der Waals surface area contributed by atoms with Crippen molar-refractivity contribution in [2.24, 2.45) is 0 Å². The maximum Gasteiger partial charge on any atom is 0.236 e. The van der Waals surface area contributed by atoms with Crippen LogP contribution in [0.25, 0.3) is 0 Å². The molecule has 0 aliphatic carbocycles. The number of likely N-dealkylation sites (tertiary alicyclic amines) is 1. The lowest BCUT2D eigenvalue weighted by molar-refractivity contribution is -0.134. The lowest BCUT2D eigenvalue weighted by Gasteiger charge is -2.33. The Morgan fingerprint density at radius 1 is 1.40 bits per heavy atom. The predicted molar refractivity (Wildman–Crippen MR) is 59.7 cm³/mol. The van der Waals surface area contributed by atoms with Crippen molar-refractivity contribution >= 4 is 5.91 Å². The van der Waals surface area contributed by atoms with Gasteiger partial charge in [0.05, 0.1) is 6.54 Å². The second-order valence-corrected chi connectivity index (χ2v) is 4.80. The van der Waals surface area contributed by atoms with Crippen molar-refractivity contribution in [2.45, 2.75) is 32.4 Å². The van der Waals surface area contributed by atoms with E-state index in [1.165, 1.54) is 0 Å². The average molecular weight is 211 g/mol. The third-order valence-corrected chi connectivity index (χ3v) is 3.49. The highest BCUT2D eigenvalue weighted by Crippen LogP contribution is 2.18. The van der Waals surface area contributed by atoms with E-state index in [4.69, 9.17) is 0 Å². The molecule has 0 aromatic rings. The molecule has 2 rings (SSSR count). The van der Waals surface area contributed by atoms with Gasteiger partial charge >= 0.3 is 0 Å². The number of carbonyl (C=O) groups is 1. The Morgan fingerprint density at radius 2 is 2.20 bits per heavy atom. The minimum atomic E-state index is 0.275. The molecule has 1 unspecified atom stereocenters. The molecule has 4 heteroatoms. The van der Waals surface area contributed by atoms with Gasteiger partial charge in [-0.2, -0.15) is 0 Å². The molecule has 2 heterocycles. The number of piperazine rings is 1. The summed E-state index contributed by atoms with van der Waals surface area (Å²) in [6.07, 6.45) is 1.14. The number of nitrogens with zero attached hydrogens (tertiary/aromatic N) is 2. The normalized spacial score (nSPS) is 29.1. The molecule has 1 atom stereocenters. The van der Waals surface area contributed by atoms with Crippen LogP contribution in [0.2, 0.25) is 0 Å². The van der Waals surface area contributed by atoms with Crippen LogP contribution in [0.5, 0.6) is 0 Å². The van der Waals surface area contributed by atoms with Gasteiger partial charge in [-0.1, -0.05) is 0 Å². The van der Waals surface area contributed by atoms with Crippen LogP contribution in [0.1, 0.15) is 20.3 Å². The van der Waals surface area contributed by atoms with Crippen molar-refractivity contribution < 1.29 is 4.79 Å². The van der Waals surface area contributed by atoms with Crippen molar-refractivity contribution in [1.82, 2.24) is 15.1 Å². The van der Waals surface area contributed by atoms with E-state index in [2.05, 4.69) is 29.0 Å². The Kier molecular flexibility index (Phi) is 3.26. The van der Waals surface area contributed by atoms with E-state index in [1.807, 2.05) is 0 Å². The molecule has 2 fully saturated rings. The van der Waals surface area contributed by atoms with Gasteiger partial charge in [-0.3, -0.25) is 9.69 Å². The first kappa shape index (κ1) is 10.9. The van der Waals surface area contributed by atoms with Crippen molar-refractivity contribution in [1.29, 1.82) is 0 Å². The monoisotopic (exact) mass is 211 g/mol. The molecule has 0 radical (unpaired) electrons. The van der Waals surface area contributed by atoms with Gasteiger partial charge in [0.1, 0.15) is 0 Å². The lowest BCUT2D eigenvalue weighted by Crippen LogP contribution is -2.53. The van der Waals surface area contributed by atoms with Gasteiger partial charge in [-0.15, -0.1) is 0 Å². The highest BCUT2D eigenvalue weighted by atomic mass is 16.2. The highest BCUT2D eigenvalue weighted by molar-refractivity contribution is 5.79. The van der Waals surface area contributed by atoms with E-state index < -0.39 is 0 Å². The molecule has 86 valence electrons. The summed E-state index contributed by atoms with van der Waals surface area (Å²) in [5.74, 6) is 0.275. The van der Waals surface area contributed by atoms with E-state index in [-0.39, 0.29) is 5.91 Å². The average Bonchev–Trinajstić information content (AvgIpc) is 2.67. The van der Waals surface area contributed by atoms with Gasteiger partial charge in [0.2, 0.25) is 5.91 Å². The maximum absolute atomic E-state index is 11.7. The lowest BCUT2D eigenvalue weighted by atomic mass is 10.2. The van der Waals surface area contributed by atoms with E-state index in [0.717, 1.165) is 32.6 Å². The zero-order valence-corrected chi connectivity index (χ0v) is 9.70. The van der Waals surface area contributed by atoms with Gasteiger partial charge in [0.25, 0.3) is 0 Å². The minimum absolute atomic E-state index is 0.275. The Bertz CT molecular complexity index is 242. The summed E-state index contributed by atoms with van der Waals surface area (Å²) in [4.78, 5) is 16.2. The molecule has 2 aliphatic rings. The predicted octanol–water partition coefficient (Wildman–Crippen LogP) is -0.0991. The van der Waals surface area contributed by atoms with Crippen molar-refractivity contribution in [3.05, 3.63) is 0 Å². The van der Waals surface area contributed by atoms with E-state index >= 15 is 0 Å². The molecule has 0 aromatic heterocycles. The van der Waals surface area contributed by atoms with Crippen molar-refractivity contribution in [3.63, 3.8) is 0 Å². The molecule has 0 aromatic carbocycles. The second-order valence-electron chi connectivity index (χ2n) is 4.80. The van der Waals surface area contributed by atoms with E-state index in [1.54, 1.807) is 0 Å². The zero-order valence-electron chi connectivity index (χ0n) is 9.70. The standard InChI is InChI=1S/C11H21N3O/c1-9(2)13-5-3-10(8-13)14-6-4-12-7-11(14)15/h9-10,12H,3-8H2,1-2H3. The Balaban J connectivity index is 1.92. The number of hydrogen-bond donors (Lipinski definition) is 1. The third kappa shape index (κ3) is 2.32. The molecule has 15 heavy (non-hydrogen) atoms. The van der Waals surface area contributed by atoms with Gasteiger partial charge in [-0.05, 0) is 20.3 Å². The summed E-state index contributed by atoms with van der Waals surface area (Å²) in [5, 5.41) is 3.12. The summed E-state index contributed by atoms with van der Waals surface area (Å²) in [7, 11) is 0. The first-order valence-electron chi connectivity index (χ1n) is 5.92. The topological polar surface area (TPSA) is 35.6 Å². The molecule has 2 aliphatic heterocycles. The number of amides is 1. The molecular weight excluding hydrogens is 190 g/mol. The summed E-state index contributed by atoms with van der Waals surface area (Å²) in [6, 6.07) is 1.06. The SMILES string of the molecule is CC(C)N1CCC(N2CCNCC2=O)C1. The largest absolute Gasteiger partial charge is 0.336 e. The number of carbonyl (C=O) groups excluding carboxylic acids is 1. The maximum atomic E-state index is 11.7. The van der Waals surface area contributed by atoms with Crippen LogP contribution in [-0.2, 0) is 4.79 Å². The smallest absolute Gasteiger partial charge is 0.236 e. The van der Waals surface area contributed by atoms with Crippen LogP contribution in [0.3, 0.4) is 0 Å². The minimum Gasteiger partial charge on any atom is -0.336 e. The molecule has 1 amide bonds. The quantitative estimate of drug-likeness (QED) is 0.693. The van der Waals surface area contributed by atoms with Gasteiger partial charge < -0.3 is 10.2 Å². The molecule has 0 saturated carbocycles. The van der Waals surface area contributed by atoms with E-state index in [9.17, 15) is 4.79 Å². The number of nitrogens with one attached hydrogen (secondary N) is 1. The third-order valence-electron chi connectivity index (χ3n) is 3.49. The molecular formula is C11H21N3O. The first-order chi connectivity index (χ1) is 7.18.